The summed E-state index contributed by atoms with van der Waals surface area (Å²) in [6.45, 7) is 2.25. The van der Waals surface area contributed by atoms with Gasteiger partial charge < -0.3 is 19.0 Å². The molecule has 2 aromatic rings. The van der Waals surface area contributed by atoms with E-state index in [1.54, 1.807) is 13.2 Å². The van der Waals surface area contributed by atoms with E-state index in [-0.39, 0.29) is 12.4 Å². The molecule has 0 radical (unpaired) electrons. The van der Waals surface area contributed by atoms with Crippen molar-refractivity contribution in [3.63, 3.8) is 0 Å². The first kappa shape index (κ1) is 15.0. The Morgan fingerprint density at radius 1 is 1.29 bits per heavy atom. The van der Waals surface area contributed by atoms with E-state index in [2.05, 4.69) is 6.92 Å². The monoisotopic (exact) mass is 290 g/mol. The van der Waals surface area contributed by atoms with Crippen LogP contribution in [-0.2, 0) is 13.0 Å². The number of carboxylic acid groups (broad SMARTS) is 1. The number of furan rings is 1. The van der Waals surface area contributed by atoms with Crippen molar-refractivity contribution in [1.29, 1.82) is 0 Å². The van der Waals surface area contributed by atoms with E-state index in [0.717, 1.165) is 18.4 Å². The lowest BCUT2D eigenvalue weighted by Crippen LogP contribution is -2.00. The van der Waals surface area contributed by atoms with E-state index in [1.165, 1.54) is 6.07 Å². The summed E-state index contributed by atoms with van der Waals surface area (Å²) >= 11 is 0. The van der Waals surface area contributed by atoms with E-state index < -0.39 is 5.97 Å². The Balaban J connectivity index is 2.15. The average molecular weight is 290 g/mol. The summed E-state index contributed by atoms with van der Waals surface area (Å²) in [5.41, 5.74) is 1.06. The number of para-hydroxylation sites is 1. The first-order chi connectivity index (χ1) is 10.2. The molecule has 0 aliphatic heterocycles. The van der Waals surface area contributed by atoms with Crippen LogP contribution >= 0.6 is 0 Å². The van der Waals surface area contributed by atoms with Gasteiger partial charge in [-0.1, -0.05) is 25.5 Å². The van der Waals surface area contributed by atoms with E-state index in [9.17, 15) is 4.79 Å². The molecule has 0 unspecified atom stereocenters. The largest absolute Gasteiger partial charge is 0.493 e. The van der Waals surface area contributed by atoms with Crippen LogP contribution in [0.2, 0.25) is 0 Å². The molecule has 0 amide bonds. The van der Waals surface area contributed by atoms with Gasteiger partial charge in [0.15, 0.2) is 11.5 Å². The number of aromatic carboxylic acids is 1. The fraction of sp³-hybridized carbons (Fsp3) is 0.312. The normalized spacial score (nSPS) is 10.4. The Morgan fingerprint density at radius 2 is 2.10 bits per heavy atom. The van der Waals surface area contributed by atoms with Crippen LogP contribution in [0.5, 0.6) is 11.5 Å². The summed E-state index contributed by atoms with van der Waals surface area (Å²) in [6, 6.07) is 8.76. The van der Waals surface area contributed by atoms with Gasteiger partial charge in [-0.2, -0.15) is 0 Å². The Bertz CT molecular complexity index is 615. The van der Waals surface area contributed by atoms with Crippen LogP contribution in [0.1, 0.15) is 35.2 Å². The lowest BCUT2D eigenvalue weighted by molar-refractivity contribution is 0.0658. The van der Waals surface area contributed by atoms with Gasteiger partial charge in [0.25, 0.3) is 0 Å². The van der Waals surface area contributed by atoms with Crippen LogP contribution in [0.4, 0.5) is 0 Å². The molecule has 5 heteroatoms. The quantitative estimate of drug-likeness (QED) is 0.845. The fourth-order valence-corrected chi connectivity index (χ4v) is 2.07. The molecule has 0 saturated carbocycles. The van der Waals surface area contributed by atoms with Gasteiger partial charge in [0.2, 0.25) is 5.76 Å². The molecule has 1 aromatic heterocycles. The van der Waals surface area contributed by atoms with Crippen molar-refractivity contribution in [2.45, 2.75) is 26.4 Å². The number of ether oxygens (including phenoxy) is 2. The Labute approximate surface area is 123 Å². The summed E-state index contributed by atoms with van der Waals surface area (Å²) in [6.07, 6.45) is 1.87. The third-order valence-electron chi connectivity index (χ3n) is 3.03. The van der Waals surface area contributed by atoms with Crippen LogP contribution < -0.4 is 9.47 Å². The van der Waals surface area contributed by atoms with Crippen molar-refractivity contribution >= 4 is 5.97 Å². The second-order valence-corrected chi connectivity index (χ2v) is 4.56. The van der Waals surface area contributed by atoms with E-state index in [0.29, 0.717) is 17.3 Å². The zero-order chi connectivity index (χ0) is 15.2. The molecule has 0 fully saturated rings. The van der Waals surface area contributed by atoms with Crippen molar-refractivity contribution in [3.8, 4) is 11.5 Å². The van der Waals surface area contributed by atoms with Crippen molar-refractivity contribution in [1.82, 2.24) is 0 Å². The van der Waals surface area contributed by atoms with Gasteiger partial charge in [-0.05, 0) is 30.2 Å². The predicted molar refractivity (Wildman–Crippen MR) is 77.0 cm³/mol. The molecule has 2 rings (SSSR count). The van der Waals surface area contributed by atoms with Crippen molar-refractivity contribution < 1.29 is 23.8 Å². The van der Waals surface area contributed by atoms with Crippen LogP contribution in [0.25, 0.3) is 0 Å². The number of methoxy groups -OCH3 is 1. The topological polar surface area (TPSA) is 68.9 Å². The minimum absolute atomic E-state index is 0.0950. The van der Waals surface area contributed by atoms with Gasteiger partial charge in [-0.3, -0.25) is 0 Å². The van der Waals surface area contributed by atoms with Gasteiger partial charge in [-0.25, -0.2) is 4.79 Å². The molecule has 1 N–H and O–H groups in total. The first-order valence-electron chi connectivity index (χ1n) is 6.76. The summed E-state index contributed by atoms with van der Waals surface area (Å²) < 4.78 is 16.3. The molecule has 1 aromatic carbocycles. The third kappa shape index (κ3) is 3.56. The predicted octanol–water partition coefficient (Wildman–Crippen LogP) is 3.52. The number of hydrogen-bond donors (Lipinski definition) is 1. The average Bonchev–Trinajstić information content (AvgIpc) is 2.95. The zero-order valence-corrected chi connectivity index (χ0v) is 12.1. The Kier molecular flexibility index (Phi) is 4.87. The molecule has 0 bridgehead atoms. The highest BCUT2D eigenvalue weighted by atomic mass is 16.5. The first-order valence-corrected chi connectivity index (χ1v) is 6.76. The van der Waals surface area contributed by atoms with Gasteiger partial charge >= 0.3 is 5.97 Å². The molecule has 0 spiro atoms. The Hall–Kier alpha value is -2.43. The molecule has 5 nitrogen and oxygen atoms in total. The SMILES string of the molecule is CCCc1cccc(OC)c1OCc1ccc(C(=O)O)o1. The smallest absolute Gasteiger partial charge is 0.371 e. The van der Waals surface area contributed by atoms with Crippen LogP contribution in [0, 0.1) is 0 Å². The zero-order valence-electron chi connectivity index (χ0n) is 12.1. The highest BCUT2D eigenvalue weighted by Gasteiger charge is 2.13. The van der Waals surface area contributed by atoms with E-state index >= 15 is 0 Å². The maximum atomic E-state index is 10.8. The van der Waals surface area contributed by atoms with Gasteiger partial charge in [0.05, 0.1) is 7.11 Å². The Morgan fingerprint density at radius 3 is 2.71 bits per heavy atom. The minimum Gasteiger partial charge on any atom is -0.493 e. The molecule has 0 aliphatic carbocycles. The van der Waals surface area contributed by atoms with Gasteiger partial charge in [-0.15, -0.1) is 0 Å². The summed E-state index contributed by atoms with van der Waals surface area (Å²) in [5.74, 6) is 0.606. The third-order valence-corrected chi connectivity index (χ3v) is 3.03. The maximum Gasteiger partial charge on any atom is 0.371 e. The highest BCUT2D eigenvalue weighted by molar-refractivity contribution is 5.84. The molecule has 0 saturated heterocycles. The molecule has 21 heavy (non-hydrogen) atoms. The molecule has 1 heterocycles. The molecule has 112 valence electrons. The lowest BCUT2D eigenvalue weighted by atomic mass is 10.1. The number of carboxylic acids is 1. The minimum atomic E-state index is -1.09. The van der Waals surface area contributed by atoms with E-state index in [4.69, 9.17) is 19.0 Å². The lowest BCUT2D eigenvalue weighted by Gasteiger charge is -2.14. The van der Waals surface area contributed by atoms with Crippen molar-refractivity contribution in [2.75, 3.05) is 7.11 Å². The molecule has 0 atom stereocenters. The second-order valence-electron chi connectivity index (χ2n) is 4.56. The second kappa shape index (κ2) is 6.83. The number of hydrogen-bond acceptors (Lipinski definition) is 4. The van der Waals surface area contributed by atoms with Crippen LogP contribution in [0.15, 0.2) is 34.7 Å². The van der Waals surface area contributed by atoms with Crippen LogP contribution in [-0.4, -0.2) is 18.2 Å². The summed E-state index contributed by atoms with van der Waals surface area (Å²) in [4.78, 5) is 10.8. The fourth-order valence-electron chi connectivity index (χ4n) is 2.07. The molecule has 0 aliphatic rings. The standard InChI is InChI=1S/C16H18O5/c1-3-5-11-6-4-7-13(19-2)15(11)20-10-12-8-9-14(21-12)16(17)18/h4,6-9H,3,5,10H2,1-2H3,(H,17,18). The highest BCUT2D eigenvalue weighted by Crippen LogP contribution is 2.32. The van der Waals surface area contributed by atoms with Crippen LogP contribution in [0.3, 0.4) is 0 Å². The number of benzene rings is 1. The van der Waals surface area contributed by atoms with E-state index in [1.807, 2.05) is 18.2 Å². The van der Waals surface area contributed by atoms with Crippen molar-refractivity contribution in [2.24, 2.45) is 0 Å². The van der Waals surface area contributed by atoms with Gasteiger partial charge in [0, 0.05) is 0 Å². The molecular weight excluding hydrogens is 272 g/mol. The summed E-state index contributed by atoms with van der Waals surface area (Å²) in [5, 5.41) is 8.83. The van der Waals surface area contributed by atoms with Gasteiger partial charge in [0.1, 0.15) is 12.4 Å². The maximum absolute atomic E-state index is 10.8. The number of carbonyl (C=O) groups is 1. The molecular formula is C16H18O5. The summed E-state index contributed by atoms with van der Waals surface area (Å²) in [7, 11) is 1.59. The number of rotatable bonds is 7. The number of aryl methyl sites for hydroxylation is 1. The van der Waals surface area contributed by atoms with Crippen molar-refractivity contribution in [3.05, 3.63) is 47.4 Å².